The van der Waals surface area contributed by atoms with Gasteiger partial charge >= 0.3 is 0 Å². The molecular weight excluding hydrogens is 283 g/mol. The number of hydrogen-bond acceptors (Lipinski definition) is 1. The zero-order valence-corrected chi connectivity index (χ0v) is 11.0. The lowest BCUT2D eigenvalue weighted by Gasteiger charge is -2.07. The molecule has 2 aromatic rings. The van der Waals surface area contributed by atoms with E-state index in [0.29, 0.717) is 5.56 Å². The van der Waals surface area contributed by atoms with Crippen LogP contribution in [-0.2, 0) is 6.61 Å². The Balaban J connectivity index is 2.04. The van der Waals surface area contributed by atoms with Gasteiger partial charge in [-0.15, -0.1) is 0 Å². The average molecular weight is 295 g/mol. The largest absolute Gasteiger partial charge is 0.489 e. The predicted octanol–water partition coefficient (Wildman–Crippen LogP) is 4.48. The Morgan fingerprint density at radius 3 is 2.47 bits per heavy atom. The Morgan fingerprint density at radius 1 is 1.12 bits per heavy atom. The highest BCUT2D eigenvalue weighted by Crippen LogP contribution is 2.18. The van der Waals surface area contributed by atoms with Gasteiger partial charge in [-0.05, 0) is 31.2 Å². The molecule has 17 heavy (non-hydrogen) atoms. The zero-order valence-electron chi connectivity index (χ0n) is 9.41. The third-order valence-corrected chi connectivity index (χ3v) is 2.92. The molecule has 0 spiro atoms. The molecule has 0 unspecified atom stereocenters. The van der Waals surface area contributed by atoms with Gasteiger partial charge in [-0.2, -0.15) is 0 Å². The summed E-state index contributed by atoms with van der Waals surface area (Å²) in [6.45, 7) is 2.25. The predicted molar refractivity (Wildman–Crippen MR) is 69.6 cm³/mol. The van der Waals surface area contributed by atoms with Crippen molar-refractivity contribution >= 4 is 15.9 Å². The van der Waals surface area contributed by atoms with Crippen LogP contribution in [-0.4, -0.2) is 0 Å². The van der Waals surface area contributed by atoms with E-state index >= 15 is 0 Å². The van der Waals surface area contributed by atoms with E-state index in [1.165, 1.54) is 11.6 Å². The second kappa shape index (κ2) is 5.32. The van der Waals surface area contributed by atoms with Crippen molar-refractivity contribution in [1.82, 2.24) is 0 Å². The van der Waals surface area contributed by atoms with E-state index in [0.717, 1.165) is 10.2 Å². The summed E-state index contributed by atoms with van der Waals surface area (Å²) in [4.78, 5) is 0. The maximum atomic E-state index is 13.5. The highest BCUT2D eigenvalue weighted by atomic mass is 79.9. The van der Waals surface area contributed by atoms with Crippen molar-refractivity contribution in [2.75, 3.05) is 0 Å². The molecular formula is C14H12BrFO. The van der Waals surface area contributed by atoms with Gasteiger partial charge in [0.05, 0.1) is 0 Å². The number of halogens is 2. The van der Waals surface area contributed by atoms with Crippen LogP contribution in [0.3, 0.4) is 0 Å². The van der Waals surface area contributed by atoms with Crippen molar-refractivity contribution in [3.63, 3.8) is 0 Å². The average Bonchev–Trinajstić information content (AvgIpc) is 2.30. The van der Waals surface area contributed by atoms with Crippen LogP contribution in [0.5, 0.6) is 5.75 Å². The second-order valence-corrected chi connectivity index (χ2v) is 4.75. The molecule has 0 radical (unpaired) electrons. The first kappa shape index (κ1) is 12.1. The number of rotatable bonds is 3. The van der Waals surface area contributed by atoms with Crippen LogP contribution in [0.15, 0.2) is 46.9 Å². The minimum absolute atomic E-state index is 0.238. The summed E-state index contributed by atoms with van der Waals surface area (Å²) in [6.07, 6.45) is 0. The normalized spacial score (nSPS) is 10.3. The van der Waals surface area contributed by atoms with Crippen LogP contribution >= 0.6 is 15.9 Å². The van der Waals surface area contributed by atoms with E-state index in [4.69, 9.17) is 4.74 Å². The molecule has 2 rings (SSSR count). The van der Waals surface area contributed by atoms with Gasteiger partial charge in [-0.3, -0.25) is 0 Å². The summed E-state index contributed by atoms with van der Waals surface area (Å²) >= 11 is 3.22. The van der Waals surface area contributed by atoms with Gasteiger partial charge in [0.2, 0.25) is 0 Å². The third kappa shape index (κ3) is 3.30. The first-order chi connectivity index (χ1) is 8.15. The molecule has 0 heterocycles. The van der Waals surface area contributed by atoms with Gasteiger partial charge in [0.15, 0.2) is 0 Å². The van der Waals surface area contributed by atoms with Crippen LogP contribution in [0.25, 0.3) is 0 Å². The summed E-state index contributed by atoms with van der Waals surface area (Å²) in [5, 5.41) is 0. The molecule has 0 saturated carbocycles. The van der Waals surface area contributed by atoms with Crippen molar-refractivity contribution in [2.24, 2.45) is 0 Å². The van der Waals surface area contributed by atoms with E-state index in [1.807, 2.05) is 31.2 Å². The van der Waals surface area contributed by atoms with Crippen molar-refractivity contribution in [3.05, 3.63) is 63.9 Å². The summed E-state index contributed by atoms with van der Waals surface area (Å²) in [5.41, 5.74) is 1.72. The summed E-state index contributed by atoms with van der Waals surface area (Å²) < 4.78 is 19.8. The molecule has 0 atom stereocenters. The molecule has 0 fully saturated rings. The quantitative estimate of drug-likeness (QED) is 0.811. The van der Waals surface area contributed by atoms with E-state index in [2.05, 4.69) is 15.9 Å². The Bertz CT molecular complexity index is 508. The van der Waals surface area contributed by atoms with Gasteiger partial charge < -0.3 is 4.74 Å². The maximum absolute atomic E-state index is 13.5. The van der Waals surface area contributed by atoms with Crippen molar-refractivity contribution in [2.45, 2.75) is 13.5 Å². The molecule has 0 saturated heterocycles. The summed E-state index contributed by atoms with van der Waals surface area (Å²) in [7, 11) is 0. The summed E-state index contributed by atoms with van der Waals surface area (Å²) in [6, 6.07) is 12.6. The lowest BCUT2D eigenvalue weighted by Crippen LogP contribution is -1.98. The Labute approximate surface area is 108 Å². The van der Waals surface area contributed by atoms with Crippen LogP contribution < -0.4 is 4.74 Å². The molecule has 0 aromatic heterocycles. The minimum Gasteiger partial charge on any atom is -0.489 e. The molecule has 1 nitrogen and oxygen atoms in total. The topological polar surface area (TPSA) is 9.23 Å². The number of hydrogen-bond donors (Lipinski definition) is 0. The summed E-state index contributed by atoms with van der Waals surface area (Å²) in [5.74, 6) is 0.490. The van der Waals surface area contributed by atoms with Gasteiger partial charge in [-0.25, -0.2) is 4.39 Å². The number of ether oxygens (including phenoxy) is 1. The van der Waals surface area contributed by atoms with E-state index in [9.17, 15) is 4.39 Å². The molecule has 0 bridgehead atoms. The SMILES string of the molecule is Cc1ccc(OCc2ccc(Br)cc2F)cc1. The van der Waals surface area contributed by atoms with Crippen LogP contribution in [0.4, 0.5) is 4.39 Å². The fraction of sp³-hybridized carbons (Fsp3) is 0.143. The Morgan fingerprint density at radius 2 is 1.82 bits per heavy atom. The first-order valence-corrected chi connectivity index (χ1v) is 6.08. The highest BCUT2D eigenvalue weighted by Gasteiger charge is 2.03. The monoisotopic (exact) mass is 294 g/mol. The van der Waals surface area contributed by atoms with Gasteiger partial charge in [-0.1, -0.05) is 39.7 Å². The molecule has 0 aliphatic carbocycles. The van der Waals surface area contributed by atoms with Crippen molar-refractivity contribution in [1.29, 1.82) is 0 Å². The maximum Gasteiger partial charge on any atom is 0.130 e. The molecule has 2 aromatic carbocycles. The van der Waals surface area contributed by atoms with Crippen LogP contribution in [0.1, 0.15) is 11.1 Å². The lowest BCUT2D eigenvalue weighted by molar-refractivity contribution is 0.300. The van der Waals surface area contributed by atoms with Gasteiger partial charge in [0.25, 0.3) is 0 Å². The minimum atomic E-state index is -0.258. The van der Waals surface area contributed by atoms with E-state index in [-0.39, 0.29) is 12.4 Å². The first-order valence-electron chi connectivity index (χ1n) is 5.28. The fourth-order valence-electron chi connectivity index (χ4n) is 1.43. The third-order valence-electron chi connectivity index (χ3n) is 2.43. The van der Waals surface area contributed by atoms with E-state index < -0.39 is 0 Å². The number of benzene rings is 2. The smallest absolute Gasteiger partial charge is 0.130 e. The van der Waals surface area contributed by atoms with Crippen LogP contribution in [0.2, 0.25) is 0 Å². The molecule has 0 amide bonds. The van der Waals surface area contributed by atoms with Crippen LogP contribution in [0, 0.1) is 12.7 Å². The molecule has 0 aliphatic heterocycles. The fourth-order valence-corrected chi connectivity index (χ4v) is 1.77. The van der Waals surface area contributed by atoms with Gasteiger partial charge in [0.1, 0.15) is 18.2 Å². The lowest BCUT2D eigenvalue weighted by atomic mass is 10.2. The Kier molecular flexibility index (Phi) is 3.79. The second-order valence-electron chi connectivity index (χ2n) is 3.84. The highest BCUT2D eigenvalue weighted by molar-refractivity contribution is 9.10. The Hall–Kier alpha value is -1.35. The van der Waals surface area contributed by atoms with Gasteiger partial charge in [0, 0.05) is 10.0 Å². The number of aryl methyl sites for hydroxylation is 1. The van der Waals surface area contributed by atoms with Crippen molar-refractivity contribution < 1.29 is 9.13 Å². The molecule has 3 heteroatoms. The standard InChI is InChI=1S/C14H12BrFO/c1-10-2-6-13(7-3-10)17-9-11-4-5-12(15)8-14(11)16/h2-8H,9H2,1H3. The van der Waals surface area contributed by atoms with Crippen molar-refractivity contribution in [3.8, 4) is 5.75 Å². The molecule has 0 N–H and O–H groups in total. The zero-order chi connectivity index (χ0) is 12.3. The molecule has 88 valence electrons. The van der Waals surface area contributed by atoms with E-state index in [1.54, 1.807) is 12.1 Å². The molecule has 0 aliphatic rings.